The lowest BCUT2D eigenvalue weighted by Gasteiger charge is -2.26. The van der Waals surface area contributed by atoms with Crippen LogP contribution in [0.3, 0.4) is 0 Å². The molecule has 4 rings (SSSR count). The van der Waals surface area contributed by atoms with E-state index < -0.39 is 36.4 Å². The van der Waals surface area contributed by atoms with Gasteiger partial charge in [0.1, 0.15) is 0 Å². The molecule has 0 radical (unpaired) electrons. The molecule has 33 heavy (non-hydrogen) atoms. The lowest BCUT2D eigenvalue weighted by atomic mass is 10.1. The number of piperidine rings is 1. The fraction of sp³-hybridized carbons (Fsp3) is 0.381. The van der Waals surface area contributed by atoms with Crippen LogP contribution < -0.4 is 4.90 Å². The highest BCUT2D eigenvalue weighted by atomic mass is 32.2. The molecular weight excluding hydrogens is 470 g/mol. The molecule has 0 aliphatic carbocycles. The number of fused-ring (bicyclic) bond motifs is 1. The first-order chi connectivity index (χ1) is 15.5. The SMILES string of the molecule is CS(=O)(=O)c1cc(C(=O)N2CCc3cc(S(=O)(=O)N4CCCCC4)ccc32)cc([N+](=O)[O-])c1. The van der Waals surface area contributed by atoms with Crippen LogP contribution in [0.4, 0.5) is 11.4 Å². The van der Waals surface area contributed by atoms with E-state index in [1.807, 2.05) is 0 Å². The zero-order valence-corrected chi connectivity index (χ0v) is 19.6. The second-order valence-electron chi connectivity index (χ2n) is 8.21. The number of non-ortho nitro benzene ring substituents is 1. The van der Waals surface area contributed by atoms with Crippen LogP contribution in [0.2, 0.25) is 0 Å². The number of nitrogens with zero attached hydrogens (tertiary/aromatic N) is 3. The summed E-state index contributed by atoms with van der Waals surface area (Å²) in [7, 11) is -7.40. The number of sulfone groups is 1. The van der Waals surface area contributed by atoms with E-state index in [4.69, 9.17) is 0 Å². The van der Waals surface area contributed by atoms with Crippen molar-refractivity contribution >= 4 is 37.1 Å². The van der Waals surface area contributed by atoms with Crippen molar-refractivity contribution in [3.8, 4) is 0 Å². The summed E-state index contributed by atoms with van der Waals surface area (Å²) in [4.78, 5) is 24.9. The number of sulfonamides is 1. The highest BCUT2D eigenvalue weighted by Gasteiger charge is 2.31. The minimum absolute atomic E-state index is 0.123. The van der Waals surface area contributed by atoms with Crippen LogP contribution in [-0.2, 0) is 26.3 Å². The summed E-state index contributed by atoms with van der Waals surface area (Å²) in [6.45, 7) is 1.22. The molecule has 12 heteroatoms. The number of hydrogen-bond acceptors (Lipinski definition) is 7. The Labute approximate surface area is 191 Å². The van der Waals surface area contributed by atoms with E-state index in [9.17, 15) is 31.7 Å². The number of nitro groups is 1. The average Bonchev–Trinajstić information content (AvgIpc) is 3.21. The molecule has 0 spiro atoms. The fourth-order valence-electron chi connectivity index (χ4n) is 4.19. The summed E-state index contributed by atoms with van der Waals surface area (Å²) >= 11 is 0. The summed E-state index contributed by atoms with van der Waals surface area (Å²) in [5, 5.41) is 11.3. The molecular formula is C21H23N3O7S2. The van der Waals surface area contributed by atoms with E-state index in [0.29, 0.717) is 30.8 Å². The summed E-state index contributed by atoms with van der Waals surface area (Å²) in [6.07, 6.45) is 3.98. The number of nitro benzene ring substituents is 1. The van der Waals surface area contributed by atoms with E-state index in [1.54, 1.807) is 12.1 Å². The maximum Gasteiger partial charge on any atom is 0.271 e. The van der Waals surface area contributed by atoms with Gasteiger partial charge >= 0.3 is 0 Å². The number of anilines is 1. The van der Waals surface area contributed by atoms with E-state index in [1.165, 1.54) is 15.3 Å². The first kappa shape index (κ1) is 23.3. The minimum Gasteiger partial charge on any atom is -0.308 e. The monoisotopic (exact) mass is 493 g/mol. The van der Waals surface area contributed by atoms with Gasteiger partial charge in [-0.05, 0) is 49.1 Å². The summed E-state index contributed by atoms with van der Waals surface area (Å²) in [5.74, 6) is -0.589. The van der Waals surface area contributed by atoms with Crippen LogP contribution in [0.5, 0.6) is 0 Å². The molecule has 0 saturated carbocycles. The van der Waals surface area contributed by atoms with Crippen LogP contribution in [0.1, 0.15) is 35.2 Å². The molecule has 0 aromatic heterocycles. The van der Waals surface area contributed by atoms with Gasteiger partial charge in [0.25, 0.3) is 11.6 Å². The lowest BCUT2D eigenvalue weighted by molar-refractivity contribution is -0.385. The number of benzene rings is 2. The zero-order chi connectivity index (χ0) is 24.0. The van der Waals surface area contributed by atoms with Gasteiger partial charge in [0.05, 0.1) is 14.7 Å². The third-order valence-corrected chi connectivity index (χ3v) is 8.91. The number of hydrogen-bond donors (Lipinski definition) is 0. The summed E-state index contributed by atoms with van der Waals surface area (Å²) < 4.78 is 51.4. The topological polar surface area (TPSA) is 135 Å². The van der Waals surface area contributed by atoms with Crippen molar-refractivity contribution in [1.29, 1.82) is 0 Å². The molecule has 0 unspecified atom stereocenters. The van der Waals surface area contributed by atoms with Gasteiger partial charge in [0, 0.05) is 49.3 Å². The maximum absolute atomic E-state index is 13.2. The largest absolute Gasteiger partial charge is 0.308 e. The van der Waals surface area contributed by atoms with Crippen molar-refractivity contribution in [3.63, 3.8) is 0 Å². The average molecular weight is 494 g/mol. The van der Waals surface area contributed by atoms with Crippen LogP contribution in [0, 0.1) is 10.1 Å². The second-order valence-corrected chi connectivity index (χ2v) is 12.2. The lowest BCUT2D eigenvalue weighted by Crippen LogP contribution is -2.35. The normalized spacial score (nSPS) is 17.1. The Kier molecular flexibility index (Phi) is 6.01. The van der Waals surface area contributed by atoms with Gasteiger partial charge in [-0.3, -0.25) is 14.9 Å². The number of carbonyl (C=O) groups is 1. The van der Waals surface area contributed by atoms with Crippen molar-refractivity contribution < 1.29 is 26.6 Å². The summed E-state index contributed by atoms with van der Waals surface area (Å²) in [6, 6.07) is 7.68. The Hall–Kier alpha value is -2.83. The first-order valence-corrected chi connectivity index (χ1v) is 13.8. The molecule has 2 heterocycles. The van der Waals surface area contributed by atoms with Crippen molar-refractivity contribution in [2.24, 2.45) is 0 Å². The predicted octanol–water partition coefficient (Wildman–Crippen LogP) is 2.38. The molecule has 2 aromatic carbocycles. The van der Waals surface area contributed by atoms with Gasteiger partial charge in [-0.25, -0.2) is 16.8 Å². The number of carbonyl (C=O) groups excluding carboxylic acids is 1. The Morgan fingerprint density at radius 2 is 1.64 bits per heavy atom. The van der Waals surface area contributed by atoms with E-state index in [0.717, 1.165) is 43.7 Å². The van der Waals surface area contributed by atoms with Crippen LogP contribution in [0.25, 0.3) is 0 Å². The molecule has 1 fully saturated rings. The fourth-order valence-corrected chi connectivity index (χ4v) is 6.43. The molecule has 0 N–H and O–H groups in total. The molecule has 0 atom stereocenters. The standard InChI is InChI=1S/C21H23N3O7S2/c1-32(28,29)19-13-16(11-17(14-19)24(26)27)21(25)23-10-7-15-12-18(5-6-20(15)23)33(30,31)22-8-3-2-4-9-22/h5-6,11-14H,2-4,7-10H2,1H3. The quantitative estimate of drug-likeness (QED) is 0.461. The predicted molar refractivity (Wildman–Crippen MR) is 121 cm³/mol. The van der Waals surface area contributed by atoms with E-state index >= 15 is 0 Å². The second kappa shape index (κ2) is 8.50. The molecule has 1 saturated heterocycles. The van der Waals surface area contributed by atoms with Gasteiger partial charge in [-0.15, -0.1) is 0 Å². The minimum atomic E-state index is -3.78. The van der Waals surface area contributed by atoms with Crippen molar-refractivity contribution in [1.82, 2.24) is 4.31 Å². The Morgan fingerprint density at radius 3 is 2.27 bits per heavy atom. The third kappa shape index (κ3) is 4.50. The van der Waals surface area contributed by atoms with Gasteiger partial charge < -0.3 is 4.90 Å². The molecule has 2 aliphatic heterocycles. The first-order valence-electron chi connectivity index (χ1n) is 10.4. The highest BCUT2D eigenvalue weighted by Crippen LogP contribution is 2.33. The van der Waals surface area contributed by atoms with Gasteiger partial charge in [-0.2, -0.15) is 4.31 Å². The third-order valence-electron chi connectivity index (χ3n) is 5.92. The van der Waals surface area contributed by atoms with Crippen molar-refractivity contribution in [2.75, 3.05) is 30.8 Å². The molecule has 2 aliphatic rings. The van der Waals surface area contributed by atoms with Crippen LogP contribution in [-0.4, -0.2) is 57.9 Å². The van der Waals surface area contributed by atoms with Crippen LogP contribution in [0.15, 0.2) is 46.2 Å². The Morgan fingerprint density at radius 1 is 0.939 bits per heavy atom. The number of rotatable bonds is 5. The van der Waals surface area contributed by atoms with E-state index in [2.05, 4.69) is 0 Å². The molecule has 176 valence electrons. The molecule has 1 amide bonds. The number of amides is 1. The van der Waals surface area contributed by atoms with Gasteiger partial charge in [0.15, 0.2) is 9.84 Å². The molecule has 10 nitrogen and oxygen atoms in total. The van der Waals surface area contributed by atoms with Crippen LogP contribution >= 0.6 is 0 Å². The maximum atomic E-state index is 13.2. The van der Waals surface area contributed by atoms with Crippen molar-refractivity contribution in [2.45, 2.75) is 35.5 Å². The van der Waals surface area contributed by atoms with Gasteiger partial charge in [-0.1, -0.05) is 6.42 Å². The molecule has 2 aromatic rings. The van der Waals surface area contributed by atoms with Gasteiger partial charge in [0.2, 0.25) is 10.0 Å². The summed E-state index contributed by atoms with van der Waals surface area (Å²) in [5.41, 5.74) is 0.561. The van der Waals surface area contributed by atoms with Crippen molar-refractivity contribution in [3.05, 3.63) is 57.6 Å². The molecule has 0 bridgehead atoms. The highest BCUT2D eigenvalue weighted by molar-refractivity contribution is 7.90. The Balaban J connectivity index is 1.67. The Bertz CT molecular complexity index is 1350. The zero-order valence-electron chi connectivity index (χ0n) is 17.9. The smallest absolute Gasteiger partial charge is 0.271 e. The van der Waals surface area contributed by atoms with E-state index in [-0.39, 0.29) is 21.9 Å².